The van der Waals surface area contributed by atoms with Gasteiger partial charge in [-0.05, 0) is 37.1 Å². The van der Waals surface area contributed by atoms with E-state index < -0.39 is 0 Å². The molecule has 2 heterocycles. The van der Waals surface area contributed by atoms with Gasteiger partial charge in [0.15, 0.2) is 0 Å². The predicted octanol–water partition coefficient (Wildman–Crippen LogP) is 2.56. The fraction of sp³-hybridized carbons (Fsp3) is 0.211. The molecule has 1 aromatic carbocycles. The molecule has 0 fully saturated rings. The molecular formula is C19H19N3O3. The molecular weight excluding hydrogens is 318 g/mol. The van der Waals surface area contributed by atoms with Gasteiger partial charge in [0.2, 0.25) is 0 Å². The number of hydrogen-bond donors (Lipinski definition) is 1. The first kappa shape index (κ1) is 16.7. The van der Waals surface area contributed by atoms with E-state index in [0.29, 0.717) is 18.8 Å². The molecule has 6 heteroatoms. The van der Waals surface area contributed by atoms with Crippen molar-refractivity contribution < 1.29 is 9.21 Å². The number of H-pyrrole nitrogens is 1. The van der Waals surface area contributed by atoms with E-state index >= 15 is 0 Å². The molecule has 3 aromatic rings. The maximum absolute atomic E-state index is 12.8. The smallest absolute Gasteiger partial charge is 0.274 e. The van der Waals surface area contributed by atoms with Crippen molar-refractivity contribution >= 4 is 5.91 Å². The van der Waals surface area contributed by atoms with Gasteiger partial charge in [-0.15, -0.1) is 0 Å². The monoisotopic (exact) mass is 337 g/mol. The normalized spacial score (nSPS) is 10.6. The number of carbonyl (C=O) groups excluding carboxylic acids is 1. The number of amides is 1. The molecule has 0 spiro atoms. The first-order valence-electron chi connectivity index (χ1n) is 8.05. The van der Waals surface area contributed by atoms with E-state index in [9.17, 15) is 9.59 Å². The molecule has 3 rings (SSSR count). The van der Waals surface area contributed by atoms with Crippen LogP contribution in [0, 0.1) is 6.92 Å². The lowest BCUT2D eigenvalue weighted by atomic mass is 10.1. The SMILES string of the molecule is Cc1ccc(CCN(Cc2ccco2)C(=O)c2ccc(=O)[nH]n2)cc1. The van der Waals surface area contributed by atoms with Gasteiger partial charge in [-0.3, -0.25) is 9.59 Å². The molecule has 128 valence electrons. The minimum Gasteiger partial charge on any atom is -0.467 e. The van der Waals surface area contributed by atoms with Crippen molar-refractivity contribution in [1.29, 1.82) is 0 Å². The van der Waals surface area contributed by atoms with Crippen LogP contribution in [0.15, 0.2) is 64.0 Å². The largest absolute Gasteiger partial charge is 0.467 e. The van der Waals surface area contributed by atoms with Gasteiger partial charge in [-0.2, -0.15) is 5.10 Å². The number of aryl methyl sites for hydroxylation is 1. The number of rotatable bonds is 6. The zero-order chi connectivity index (χ0) is 17.6. The maximum Gasteiger partial charge on any atom is 0.274 e. The minimum absolute atomic E-state index is 0.204. The molecule has 2 aromatic heterocycles. The first-order chi connectivity index (χ1) is 12.1. The lowest BCUT2D eigenvalue weighted by Gasteiger charge is -2.21. The number of nitrogens with zero attached hydrogens (tertiary/aromatic N) is 2. The average molecular weight is 337 g/mol. The van der Waals surface area contributed by atoms with Crippen LogP contribution >= 0.6 is 0 Å². The van der Waals surface area contributed by atoms with Gasteiger partial charge in [0.05, 0.1) is 12.8 Å². The van der Waals surface area contributed by atoms with Crippen LogP contribution in [0.5, 0.6) is 0 Å². The fourth-order valence-electron chi connectivity index (χ4n) is 2.49. The van der Waals surface area contributed by atoms with Crippen LogP contribution in [0.1, 0.15) is 27.4 Å². The van der Waals surface area contributed by atoms with Gasteiger partial charge in [0.1, 0.15) is 11.5 Å². The van der Waals surface area contributed by atoms with Crippen LogP contribution in [0.25, 0.3) is 0 Å². The van der Waals surface area contributed by atoms with Crippen LogP contribution in [0.3, 0.4) is 0 Å². The van der Waals surface area contributed by atoms with Crippen molar-refractivity contribution in [2.45, 2.75) is 19.9 Å². The van der Waals surface area contributed by atoms with E-state index in [4.69, 9.17) is 4.42 Å². The Bertz CT molecular complexity index is 863. The van der Waals surface area contributed by atoms with Crippen LogP contribution < -0.4 is 5.56 Å². The van der Waals surface area contributed by atoms with Crippen LogP contribution in [-0.4, -0.2) is 27.5 Å². The molecule has 6 nitrogen and oxygen atoms in total. The summed E-state index contributed by atoms with van der Waals surface area (Å²) >= 11 is 0. The summed E-state index contributed by atoms with van der Waals surface area (Å²) in [4.78, 5) is 25.6. The Hall–Kier alpha value is -3.15. The van der Waals surface area contributed by atoms with Crippen molar-refractivity contribution in [3.05, 3.63) is 87.7 Å². The summed E-state index contributed by atoms with van der Waals surface area (Å²) in [5, 5.41) is 6.13. The quantitative estimate of drug-likeness (QED) is 0.750. The standard InChI is InChI=1S/C19H19N3O3/c1-14-4-6-15(7-5-14)10-11-22(13-16-3-2-12-25-16)19(24)17-8-9-18(23)21-20-17/h2-9,12H,10-11,13H2,1H3,(H,21,23). The molecule has 0 saturated carbocycles. The summed E-state index contributed by atoms with van der Waals surface area (Å²) in [6.07, 6.45) is 2.30. The number of carbonyl (C=O) groups is 1. The van der Waals surface area contributed by atoms with Crippen molar-refractivity contribution in [3.63, 3.8) is 0 Å². The van der Waals surface area contributed by atoms with Crippen molar-refractivity contribution in [2.24, 2.45) is 0 Å². The molecule has 0 unspecified atom stereocenters. The molecule has 0 aliphatic carbocycles. The molecule has 1 N–H and O–H groups in total. The van der Waals surface area contributed by atoms with Crippen molar-refractivity contribution in [1.82, 2.24) is 15.1 Å². The van der Waals surface area contributed by atoms with Gasteiger partial charge in [-0.25, -0.2) is 5.10 Å². The predicted molar refractivity (Wildman–Crippen MR) is 93.2 cm³/mol. The third kappa shape index (κ3) is 4.44. The zero-order valence-corrected chi connectivity index (χ0v) is 13.9. The second kappa shape index (κ2) is 7.61. The Kier molecular flexibility index (Phi) is 5.09. The molecule has 0 bridgehead atoms. The van der Waals surface area contributed by atoms with E-state index in [-0.39, 0.29) is 17.2 Å². The maximum atomic E-state index is 12.8. The van der Waals surface area contributed by atoms with Gasteiger partial charge < -0.3 is 9.32 Å². The van der Waals surface area contributed by atoms with Crippen LogP contribution in [0.2, 0.25) is 0 Å². The summed E-state index contributed by atoms with van der Waals surface area (Å²) in [5.74, 6) is 0.446. The third-order valence-corrected chi connectivity index (χ3v) is 3.90. The molecule has 1 amide bonds. The second-order valence-corrected chi connectivity index (χ2v) is 5.85. The molecule has 25 heavy (non-hydrogen) atoms. The van der Waals surface area contributed by atoms with E-state index in [0.717, 1.165) is 12.0 Å². The van der Waals surface area contributed by atoms with Crippen molar-refractivity contribution in [3.8, 4) is 0 Å². The van der Waals surface area contributed by atoms with Gasteiger partial charge in [0.25, 0.3) is 11.5 Å². The highest BCUT2D eigenvalue weighted by molar-refractivity contribution is 5.92. The summed E-state index contributed by atoms with van der Waals surface area (Å²) in [6, 6.07) is 14.6. The molecule has 0 radical (unpaired) electrons. The third-order valence-electron chi connectivity index (χ3n) is 3.90. The number of furan rings is 1. The molecule has 0 aliphatic rings. The number of aromatic amines is 1. The lowest BCUT2D eigenvalue weighted by Crippen LogP contribution is -2.33. The summed E-state index contributed by atoms with van der Waals surface area (Å²) in [6.45, 7) is 2.90. The summed E-state index contributed by atoms with van der Waals surface area (Å²) < 4.78 is 5.36. The Balaban J connectivity index is 1.76. The van der Waals surface area contributed by atoms with Crippen LogP contribution in [-0.2, 0) is 13.0 Å². The molecule has 0 aliphatic heterocycles. The number of aromatic nitrogens is 2. The Morgan fingerprint density at radius 1 is 1.16 bits per heavy atom. The minimum atomic E-state index is -0.339. The second-order valence-electron chi connectivity index (χ2n) is 5.85. The van der Waals surface area contributed by atoms with E-state index in [1.165, 1.54) is 17.7 Å². The summed E-state index contributed by atoms with van der Waals surface area (Å²) in [5.41, 5.74) is 2.21. The number of hydrogen-bond acceptors (Lipinski definition) is 4. The zero-order valence-electron chi connectivity index (χ0n) is 13.9. The number of benzene rings is 1. The highest BCUT2D eigenvalue weighted by atomic mass is 16.3. The number of nitrogens with one attached hydrogen (secondary N) is 1. The van der Waals surface area contributed by atoms with E-state index in [1.807, 2.05) is 13.0 Å². The Labute approximate surface area is 145 Å². The van der Waals surface area contributed by atoms with Gasteiger partial charge in [-0.1, -0.05) is 29.8 Å². The fourth-order valence-corrected chi connectivity index (χ4v) is 2.49. The van der Waals surface area contributed by atoms with Crippen LogP contribution in [0.4, 0.5) is 0 Å². The molecule has 0 saturated heterocycles. The summed E-state index contributed by atoms with van der Waals surface area (Å²) in [7, 11) is 0. The average Bonchev–Trinajstić information content (AvgIpc) is 3.13. The molecule has 0 atom stereocenters. The Morgan fingerprint density at radius 2 is 1.96 bits per heavy atom. The Morgan fingerprint density at radius 3 is 2.60 bits per heavy atom. The van der Waals surface area contributed by atoms with Crippen molar-refractivity contribution in [2.75, 3.05) is 6.54 Å². The first-order valence-corrected chi connectivity index (χ1v) is 8.05. The van der Waals surface area contributed by atoms with E-state index in [1.54, 1.807) is 17.2 Å². The van der Waals surface area contributed by atoms with Gasteiger partial charge in [0, 0.05) is 12.6 Å². The van der Waals surface area contributed by atoms with E-state index in [2.05, 4.69) is 34.5 Å². The highest BCUT2D eigenvalue weighted by Crippen LogP contribution is 2.11. The highest BCUT2D eigenvalue weighted by Gasteiger charge is 2.18. The van der Waals surface area contributed by atoms with Gasteiger partial charge >= 0.3 is 0 Å². The lowest BCUT2D eigenvalue weighted by molar-refractivity contribution is 0.0726. The topological polar surface area (TPSA) is 79.2 Å².